The van der Waals surface area contributed by atoms with Crippen LogP contribution in [0.1, 0.15) is 22.8 Å². The van der Waals surface area contributed by atoms with Crippen LogP contribution in [0.15, 0.2) is 48.5 Å². The van der Waals surface area contributed by atoms with Crippen LogP contribution in [-0.2, 0) is 16.0 Å². The van der Waals surface area contributed by atoms with E-state index in [0.29, 0.717) is 24.2 Å². The van der Waals surface area contributed by atoms with Crippen LogP contribution >= 0.6 is 0 Å². The average molecular weight is 340 g/mol. The number of rotatable bonds is 6. The van der Waals surface area contributed by atoms with Crippen molar-refractivity contribution >= 4 is 23.3 Å². The highest BCUT2D eigenvalue weighted by Gasteiger charge is 2.13. The minimum absolute atomic E-state index is 0.0630. The molecule has 0 atom stereocenters. The first-order valence-corrected chi connectivity index (χ1v) is 7.83. The number of benzene rings is 2. The maximum Gasteiger partial charge on any atom is 0.313 e. The zero-order chi connectivity index (χ0) is 18.2. The summed E-state index contributed by atoms with van der Waals surface area (Å²) in [7, 11) is 1.59. The van der Waals surface area contributed by atoms with Crippen molar-refractivity contribution in [1.29, 1.82) is 0 Å². The van der Waals surface area contributed by atoms with E-state index in [4.69, 9.17) is 4.74 Å². The van der Waals surface area contributed by atoms with Crippen LogP contribution in [0.25, 0.3) is 0 Å². The third-order valence-corrected chi connectivity index (χ3v) is 3.63. The molecule has 0 aliphatic carbocycles. The molecule has 0 aliphatic heterocycles. The van der Waals surface area contributed by atoms with Gasteiger partial charge in [0.1, 0.15) is 5.75 Å². The Morgan fingerprint density at radius 3 is 2.28 bits per heavy atom. The van der Waals surface area contributed by atoms with E-state index < -0.39 is 11.8 Å². The molecule has 0 aliphatic rings. The standard InChI is InChI=1S/C19H20N2O4/c1-13(22)14-7-9-16(10-8-14)21-19(24)18(23)20-12-11-15-5-3-4-6-17(15)25-2/h3-10H,11-12H2,1-2H3,(H,20,23)(H,21,24). The van der Waals surface area contributed by atoms with Gasteiger partial charge >= 0.3 is 11.8 Å². The number of carbonyl (C=O) groups is 3. The number of ether oxygens (including phenoxy) is 1. The minimum atomic E-state index is -0.754. The Morgan fingerprint density at radius 2 is 1.64 bits per heavy atom. The van der Waals surface area contributed by atoms with Crippen molar-refractivity contribution in [2.24, 2.45) is 0 Å². The van der Waals surface area contributed by atoms with Crippen molar-refractivity contribution in [1.82, 2.24) is 5.32 Å². The number of nitrogens with one attached hydrogen (secondary N) is 2. The lowest BCUT2D eigenvalue weighted by Crippen LogP contribution is -2.36. The summed E-state index contributed by atoms with van der Waals surface area (Å²) in [6, 6.07) is 13.8. The van der Waals surface area contributed by atoms with Crippen molar-refractivity contribution in [2.45, 2.75) is 13.3 Å². The molecule has 0 saturated carbocycles. The normalized spacial score (nSPS) is 10.0. The molecule has 6 heteroatoms. The smallest absolute Gasteiger partial charge is 0.313 e. The Hall–Kier alpha value is -3.15. The van der Waals surface area contributed by atoms with E-state index in [0.717, 1.165) is 11.3 Å². The molecule has 25 heavy (non-hydrogen) atoms. The zero-order valence-corrected chi connectivity index (χ0v) is 14.2. The van der Waals surface area contributed by atoms with E-state index in [9.17, 15) is 14.4 Å². The highest BCUT2D eigenvalue weighted by atomic mass is 16.5. The van der Waals surface area contributed by atoms with Crippen LogP contribution in [0, 0.1) is 0 Å². The quantitative estimate of drug-likeness (QED) is 0.624. The fraction of sp³-hybridized carbons (Fsp3) is 0.211. The average Bonchev–Trinajstić information content (AvgIpc) is 2.62. The van der Waals surface area contributed by atoms with Crippen LogP contribution in [-0.4, -0.2) is 31.3 Å². The monoisotopic (exact) mass is 340 g/mol. The number of amides is 2. The summed E-state index contributed by atoms with van der Waals surface area (Å²) >= 11 is 0. The van der Waals surface area contributed by atoms with Gasteiger partial charge in [-0.05, 0) is 49.2 Å². The predicted molar refractivity (Wildman–Crippen MR) is 94.8 cm³/mol. The van der Waals surface area contributed by atoms with Gasteiger partial charge in [0, 0.05) is 17.8 Å². The van der Waals surface area contributed by atoms with Crippen molar-refractivity contribution in [3.05, 3.63) is 59.7 Å². The zero-order valence-electron chi connectivity index (χ0n) is 14.2. The fourth-order valence-electron chi connectivity index (χ4n) is 2.28. The van der Waals surface area contributed by atoms with E-state index in [2.05, 4.69) is 10.6 Å². The summed E-state index contributed by atoms with van der Waals surface area (Å²) < 4.78 is 5.24. The lowest BCUT2D eigenvalue weighted by molar-refractivity contribution is -0.136. The number of hydrogen-bond donors (Lipinski definition) is 2. The Labute approximate surface area is 146 Å². The van der Waals surface area contributed by atoms with Gasteiger partial charge in [-0.2, -0.15) is 0 Å². The van der Waals surface area contributed by atoms with Crippen molar-refractivity contribution < 1.29 is 19.1 Å². The number of carbonyl (C=O) groups excluding carboxylic acids is 3. The van der Waals surface area contributed by atoms with Gasteiger partial charge in [-0.15, -0.1) is 0 Å². The highest BCUT2D eigenvalue weighted by Crippen LogP contribution is 2.17. The highest BCUT2D eigenvalue weighted by molar-refractivity contribution is 6.39. The molecule has 0 heterocycles. The van der Waals surface area contributed by atoms with Gasteiger partial charge < -0.3 is 15.4 Å². The second kappa shape index (κ2) is 8.63. The van der Waals surface area contributed by atoms with Gasteiger partial charge in [0.15, 0.2) is 5.78 Å². The van der Waals surface area contributed by atoms with Crippen molar-refractivity contribution in [2.75, 3.05) is 19.0 Å². The summed E-state index contributed by atoms with van der Waals surface area (Å²) in [5, 5.41) is 5.06. The molecule has 2 aromatic rings. The third kappa shape index (κ3) is 5.17. The second-order valence-electron chi connectivity index (χ2n) is 5.41. The molecule has 0 unspecified atom stereocenters. The SMILES string of the molecule is COc1ccccc1CCNC(=O)C(=O)Nc1ccc(C(C)=O)cc1. The molecule has 6 nitrogen and oxygen atoms in total. The van der Waals surface area contributed by atoms with Gasteiger partial charge in [0.25, 0.3) is 0 Å². The molecule has 130 valence electrons. The van der Waals surface area contributed by atoms with Crippen LogP contribution in [0.5, 0.6) is 5.75 Å². The molecule has 0 spiro atoms. The van der Waals surface area contributed by atoms with Gasteiger partial charge in [-0.25, -0.2) is 0 Å². The first kappa shape index (κ1) is 18.2. The number of Topliss-reactive ketones (excluding diaryl/α,β-unsaturated/α-hetero) is 1. The molecule has 0 fully saturated rings. The largest absolute Gasteiger partial charge is 0.496 e. The Morgan fingerprint density at radius 1 is 0.960 bits per heavy atom. The van der Waals surface area contributed by atoms with Crippen molar-refractivity contribution in [3.8, 4) is 5.75 Å². The summed E-state index contributed by atoms with van der Waals surface area (Å²) in [5.41, 5.74) is 1.94. The van der Waals surface area contributed by atoms with Crippen LogP contribution in [0.3, 0.4) is 0 Å². The summed E-state index contributed by atoms with van der Waals surface area (Å²) in [6.45, 7) is 1.78. The lowest BCUT2D eigenvalue weighted by Gasteiger charge is -2.09. The summed E-state index contributed by atoms with van der Waals surface area (Å²) in [5.74, 6) is -0.792. The third-order valence-electron chi connectivity index (χ3n) is 3.63. The second-order valence-corrected chi connectivity index (χ2v) is 5.41. The molecular weight excluding hydrogens is 320 g/mol. The minimum Gasteiger partial charge on any atom is -0.496 e. The van der Waals surface area contributed by atoms with E-state index >= 15 is 0 Å². The Bertz CT molecular complexity index is 769. The number of para-hydroxylation sites is 1. The van der Waals surface area contributed by atoms with Gasteiger partial charge in [-0.1, -0.05) is 18.2 Å². The molecule has 0 radical (unpaired) electrons. The molecule has 2 aromatic carbocycles. The molecule has 0 saturated heterocycles. The van der Waals surface area contributed by atoms with Gasteiger partial charge in [-0.3, -0.25) is 14.4 Å². The van der Waals surface area contributed by atoms with E-state index in [1.165, 1.54) is 6.92 Å². The van der Waals surface area contributed by atoms with E-state index in [1.54, 1.807) is 31.4 Å². The molecular formula is C19H20N2O4. The van der Waals surface area contributed by atoms with E-state index in [1.807, 2.05) is 24.3 Å². The van der Waals surface area contributed by atoms with Gasteiger partial charge in [0.05, 0.1) is 7.11 Å². The number of hydrogen-bond acceptors (Lipinski definition) is 4. The van der Waals surface area contributed by atoms with Gasteiger partial charge in [0.2, 0.25) is 0 Å². The molecule has 2 amide bonds. The molecule has 0 aromatic heterocycles. The number of anilines is 1. The molecule has 0 bridgehead atoms. The molecule has 2 rings (SSSR count). The maximum atomic E-state index is 11.9. The lowest BCUT2D eigenvalue weighted by atomic mass is 10.1. The van der Waals surface area contributed by atoms with Crippen LogP contribution in [0.4, 0.5) is 5.69 Å². The molecule has 2 N–H and O–H groups in total. The van der Waals surface area contributed by atoms with Crippen LogP contribution in [0.2, 0.25) is 0 Å². The fourth-order valence-corrected chi connectivity index (χ4v) is 2.28. The number of ketones is 1. The Balaban J connectivity index is 1.84. The van der Waals surface area contributed by atoms with Crippen LogP contribution < -0.4 is 15.4 Å². The number of methoxy groups -OCH3 is 1. The van der Waals surface area contributed by atoms with E-state index in [-0.39, 0.29) is 5.78 Å². The topological polar surface area (TPSA) is 84.5 Å². The van der Waals surface area contributed by atoms with Crippen molar-refractivity contribution in [3.63, 3.8) is 0 Å². The first-order chi connectivity index (χ1) is 12.0. The Kier molecular flexibility index (Phi) is 6.28. The first-order valence-electron chi connectivity index (χ1n) is 7.83. The predicted octanol–water partition coefficient (Wildman–Crippen LogP) is 2.20. The maximum absolute atomic E-state index is 11.9. The summed E-state index contributed by atoms with van der Waals surface area (Å²) in [6.07, 6.45) is 0.552. The summed E-state index contributed by atoms with van der Waals surface area (Å²) in [4.78, 5) is 34.9.